The molecule has 0 aromatic heterocycles. The molecule has 11 heteroatoms. The zero-order valence-electron chi connectivity index (χ0n) is 17.0. The molecule has 1 aliphatic rings. The number of hydrogen-bond acceptors (Lipinski definition) is 5. The van der Waals surface area contributed by atoms with Crippen LogP contribution in [0.5, 0.6) is 0 Å². The number of carbonyl (C=O) groups is 2. The zero-order valence-corrected chi connectivity index (χ0v) is 17.0. The second kappa shape index (κ2) is 11.7. The summed E-state index contributed by atoms with van der Waals surface area (Å²) in [6.07, 6.45) is 3.11. The number of nitrogens with two attached hydrogens (primary N) is 1. The predicted molar refractivity (Wildman–Crippen MR) is 113 cm³/mol. The number of unbranched alkanes of at least 4 members (excludes halogenated alkanes) is 2. The van der Waals surface area contributed by atoms with E-state index in [4.69, 9.17) is 5.73 Å². The molecule has 2 amide bonds. The summed E-state index contributed by atoms with van der Waals surface area (Å²) < 4.78 is 0. The lowest BCUT2D eigenvalue weighted by molar-refractivity contribution is -0.485. The van der Waals surface area contributed by atoms with Gasteiger partial charge in [0.05, 0.1) is 6.04 Å². The van der Waals surface area contributed by atoms with E-state index in [1.54, 1.807) is 0 Å². The molecule has 2 atom stereocenters. The zero-order chi connectivity index (χ0) is 21.9. The van der Waals surface area contributed by atoms with E-state index < -0.39 is 5.03 Å². The summed E-state index contributed by atoms with van der Waals surface area (Å²) in [4.78, 5) is 34.7. The first kappa shape index (κ1) is 23.1. The van der Waals surface area contributed by atoms with Crippen LogP contribution < -0.4 is 27.0 Å². The van der Waals surface area contributed by atoms with Crippen molar-refractivity contribution in [2.45, 2.75) is 51.1 Å². The van der Waals surface area contributed by atoms with E-state index >= 15 is 0 Å². The largest absolute Gasteiger partial charge is 0.365 e. The molecule has 1 fully saturated rings. The van der Waals surface area contributed by atoms with Gasteiger partial charge in [-0.25, -0.2) is 10.1 Å². The maximum absolute atomic E-state index is 12.4. The van der Waals surface area contributed by atoms with E-state index in [9.17, 15) is 19.7 Å². The SMILES string of the molecule is Cc1ccccc1NC(=O)C1CC(NC(=O)CCCCCN/C(N)=N/[N+](=O)[O-])CN1. The Morgan fingerprint density at radius 2 is 2.07 bits per heavy atom. The number of guanidine groups is 1. The number of para-hydroxylation sites is 1. The van der Waals surface area contributed by atoms with Gasteiger partial charge in [-0.05, 0) is 37.8 Å². The minimum atomic E-state index is -0.860. The molecule has 1 aliphatic heterocycles. The van der Waals surface area contributed by atoms with Crippen molar-refractivity contribution in [2.75, 3.05) is 18.4 Å². The van der Waals surface area contributed by atoms with Crippen molar-refractivity contribution in [1.29, 1.82) is 0 Å². The number of amides is 2. The van der Waals surface area contributed by atoms with Crippen molar-refractivity contribution in [3.05, 3.63) is 39.9 Å². The van der Waals surface area contributed by atoms with E-state index in [-0.39, 0.29) is 29.9 Å². The Bertz CT molecular complexity index is 784. The summed E-state index contributed by atoms with van der Waals surface area (Å²) in [5, 5.41) is 23.9. The van der Waals surface area contributed by atoms with Crippen LogP contribution in [0.3, 0.4) is 0 Å². The van der Waals surface area contributed by atoms with E-state index in [1.165, 1.54) is 0 Å². The van der Waals surface area contributed by atoms with Gasteiger partial charge in [-0.15, -0.1) is 0 Å². The number of anilines is 1. The van der Waals surface area contributed by atoms with Crippen molar-refractivity contribution in [1.82, 2.24) is 16.0 Å². The van der Waals surface area contributed by atoms with Crippen LogP contribution in [0.4, 0.5) is 5.69 Å². The lowest BCUT2D eigenvalue weighted by Crippen LogP contribution is -2.36. The van der Waals surface area contributed by atoms with Gasteiger partial charge in [0, 0.05) is 31.2 Å². The number of nitrogens with one attached hydrogen (secondary N) is 4. The van der Waals surface area contributed by atoms with Gasteiger partial charge in [0.1, 0.15) is 5.10 Å². The number of nitrogens with zero attached hydrogens (tertiary/aromatic N) is 2. The van der Waals surface area contributed by atoms with Crippen molar-refractivity contribution in [3.63, 3.8) is 0 Å². The first-order chi connectivity index (χ1) is 14.3. The first-order valence-corrected chi connectivity index (χ1v) is 9.96. The molecule has 6 N–H and O–H groups in total. The minimum Gasteiger partial charge on any atom is -0.365 e. The third-order valence-corrected chi connectivity index (χ3v) is 4.79. The molecule has 0 saturated carbocycles. The van der Waals surface area contributed by atoms with Crippen LogP contribution in [0.2, 0.25) is 0 Å². The highest BCUT2D eigenvalue weighted by molar-refractivity contribution is 5.95. The topological polar surface area (TPSA) is 164 Å². The van der Waals surface area contributed by atoms with Crippen molar-refractivity contribution in [2.24, 2.45) is 10.8 Å². The number of hydrogen-bond donors (Lipinski definition) is 5. The van der Waals surface area contributed by atoms with Gasteiger partial charge in [0.2, 0.25) is 11.8 Å². The van der Waals surface area contributed by atoms with Crippen molar-refractivity contribution in [3.8, 4) is 0 Å². The average Bonchev–Trinajstić information content (AvgIpc) is 3.14. The van der Waals surface area contributed by atoms with Gasteiger partial charge in [-0.2, -0.15) is 0 Å². The van der Waals surface area contributed by atoms with Gasteiger partial charge in [-0.3, -0.25) is 9.59 Å². The Hall–Kier alpha value is -3.21. The summed E-state index contributed by atoms with van der Waals surface area (Å²) in [7, 11) is 0. The Morgan fingerprint density at radius 3 is 2.80 bits per heavy atom. The van der Waals surface area contributed by atoms with Gasteiger partial charge >= 0.3 is 0 Å². The molecular formula is C19H29N7O4. The third kappa shape index (κ3) is 8.03. The highest BCUT2D eigenvalue weighted by Crippen LogP contribution is 2.15. The third-order valence-electron chi connectivity index (χ3n) is 4.79. The molecule has 1 saturated heterocycles. The predicted octanol–water partition coefficient (Wildman–Crippen LogP) is 0.437. The van der Waals surface area contributed by atoms with Crippen LogP contribution in [0.1, 0.15) is 37.7 Å². The molecule has 0 spiro atoms. The second-order valence-electron chi connectivity index (χ2n) is 7.23. The van der Waals surface area contributed by atoms with Crippen LogP contribution in [0.25, 0.3) is 0 Å². The summed E-state index contributed by atoms with van der Waals surface area (Å²) in [5.74, 6) is -0.384. The number of carbonyl (C=O) groups excluding carboxylic acids is 2. The van der Waals surface area contributed by atoms with Crippen LogP contribution in [0, 0.1) is 17.0 Å². The maximum Gasteiger partial charge on any atom is 0.266 e. The number of aryl methyl sites for hydroxylation is 1. The molecule has 0 radical (unpaired) electrons. The van der Waals surface area contributed by atoms with Gasteiger partial charge in [0.15, 0.2) is 5.03 Å². The summed E-state index contributed by atoms with van der Waals surface area (Å²) in [6, 6.07) is 7.17. The summed E-state index contributed by atoms with van der Waals surface area (Å²) in [5.41, 5.74) is 7.10. The molecule has 2 rings (SSSR count). The van der Waals surface area contributed by atoms with E-state index in [2.05, 4.69) is 26.4 Å². The monoisotopic (exact) mass is 419 g/mol. The van der Waals surface area contributed by atoms with E-state index in [0.29, 0.717) is 38.8 Å². The summed E-state index contributed by atoms with van der Waals surface area (Å²) in [6.45, 7) is 2.94. The lowest BCUT2D eigenvalue weighted by atomic mass is 10.1. The Labute approximate surface area is 175 Å². The first-order valence-electron chi connectivity index (χ1n) is 9.96. The molecule has 30 heavy (non-hydrogen) atoms. The highest BCUT2D eigenvalue weighted by Gasteiger charge is 2.30. The fourth-order valence-electron chi connectivity index (χ4n) is 3.21. The van der Waals surface area contributed by atoms with Gasteiger partial charge in [0.25, 0.3) is 5.96 Å². The normalized spacial score (nSPS) is 18.6. The Balaban J connectivity index is 1.60. The Morgan fingerprint density at radius 1 is 1.30 bits per heavy atom. The van der Waals surface area contributed by atoms with Crippen LogP contribution >= 0.6 is 0 Å². The average molecular weight is 419 g/mol. The molecule has 0 aliphatic carbocycles. The van der Waals surface area contributed by atoms with Crippen molar-refractivity contribution >= 4 is 23.5 Å². The molecule has 1 aromatic rings. The summed E-state index contributed by atoms with van der Waals surface area (Å²) >= 11 is 0. The number of hydrazone groups is 1. The van der Waals surface area contributed by atoms with Crippen LogP contribution in [-0.2, 0) is 9.59 Å². The quantitative estimate of drug-likeness (QED) is 0.121. The van der Waals surface area contributed by atoms with Gasteiger partial charge < -0.3 is 27.0 Å². The molecule has 2 unspecified atom stereocenters. The Kier molecular flexibility index (Phi) is 9.01. The number of benzene rings is 1. The number of nitro groups is 1. The maximum atomic E-state index is 12.4. The fraction of sp³-hybridized carbons (Fsp3) is 0.526. The van der Waals surface area contributed by atoms with Crippen LogP contribution in [-0.4, -0.2) is 48.0 Å². The highest BCUT2D eigenvalue weighted by atomic mass is 16.7. The molecular weight excluding hydrogens is 390 g/mol. The van der Waals surface area contributed by atoms with Crippen LogP contribution in [0.15, 0.2) is 29.4 Å². The lowest BCUT2D eigenvalue weighted by Gasteiger charge is -2.14. The van der Waals surface area contributed by atoms with Crippen molar-refractivity contribution < 1.29 is 14.6 Å². The smallest absolute Gasteiger partial charge is 0.266 e. The molecule has 0 bridgehead atoms. The van der Waals surface area contributed by atoms with E-state index in [1.807, 2.05) is 31.2 Å². The molecule has 164 valence electrons. The fourth-order valence-corrected chi connectivity index (χ4v) is 3.21. The number of rotatable bonds is 10. The standard InChI is InChI=1S/C19H29N7O4/c1-13-7-4-5-8-15(13)24-18(28)16-11-14(12-22-16)23-17(27)9-3-2-6-10-21-19(20)25-26(29)30/h4-5,7-8,14,16,22H,2-3,6,9-12H2,1H3,(H,23,27)(H,24,28)(H3,20,21,25). The molecule has 1 aromatic carbocycles. The molecule has 1 heterocycles. The molecule has 11 nitrogen and oxygen atoms in total. The second-order valence-corrected chi connectivity index (χ2v) is 7.23. The van der Waals surface area contributed by atoms with Gasteiger partial charge in [-0.1, -0.05) is 24.6 Å². The minimum absolute atomic E-state index is 0.0517. The van der Waals surface area contributed by atoms with E-state index in [0.717, 1.165) is 17.7 Å².